The summed E-state index contributed by atoms with van der Waals surface area (Å²) in [5.41, 5.74) is 0. The van der Waals surface area contributed by atoms with Crippen molar-refractivity contribution in [3.63, 3.8) is 0 Å². The summed E-state index contributed by atoms with van der Waals surface area (Å²) >= 11 is 0. The second-order valence-corrected chi connectivity index (χ2v) is 4.67. The second-order valence-electron chi connectivity index (χ2n) is 4.67. The lowest BCUT2D eigenvalue weighted by Gasteiger charge is -2.23. The molecule has 0 N–H and O–H groups in total. The number of carbonyl (C=O) groups is 1. The van der Waals surface area contributed by atoms with Gasteiger partial charge in [0, 0.05) is 13.6 Å². The highest BCUT2D eigenvalue weighted by Crippen LogP contribution is 2.30. The van der Waals surface area contributed by atoms with Gasteiger partial charge in [-0.05, 0) is 24.7 Å². The average molecular weight is 195 g/mol. The third-order valence-corrected chi connectivity index (χ3v) is 2.86. The molecule has 14 heavy (non-hydrogen) atoms. The number of amides is 1. The van der Waals surface area contributed by atoms with E-state index < -0.39 is 0 Å². The van der Waals surface area contributed by atoms with Crippen LogP contribution in [-0.4, -0.2) is 24.4 Å². The molecule has 0 radical (unpaired) electrons. The molecule has 0 saturated heterocycles. The van der Waals surface area contributed by atoms with Crippen LogP contribution in [0.3, 0.4) is 0 Å². The Bertz CT molecular complexity index is 218. The van der Waals surface area contributed by atoms with E-state index in [2.05, 4.69) is 20.4 Å². The van der Waals surface area contributed by atoms with E-state index >= 15 is 0 Å². The molecule has 0 aromatic rings. The number of nitrogens with zero attached hydrogens (tertiary/aromatic N) is 1. The minimum absolute atomic E-state index is 0.0150. The van der Waals surface area contributed by atoms with Crippen molar-refractivity contribution in [1.29, 1.82) is 0 Å². The zero-order valence-electron chi connectivity index (χ0n) is 9.49. The first-order valence-corrected chi connectivity index (χ1v) is 5.43. The largest absolute Gasteiger partial charge is 0.345 e. The molecule has 1 amide bonds. The zero-order chi connectivity index (χ0) is 10.7. The Morgan fingerprint density at radius 2 is 2.14 bits per heavy atom. The average Bonchev–Trinajstić information content (AvgIpc) is 2.88. The Morgan fingerprint density at radius 3 is 2.50 bits per heavy atom. The quantitative estimate of drug-likeness (QED) is 0.616. The molecule has 0 aromatic carbocycles. The molecule has 0 bridgehead atoms. The van der Waals surface area contributed by atoms with Gasteiger partial charge in [-0.1, -0.05) is 19.9 Å². The fourth-order valence-electron chi connectivity index (χ4n) is 1.69. The van der Waals surface area contributed by atoms with Gasteiger partial charge in [-0.25, -0.2) is 0 Å². The Balaban J connectivity index is 2.47. The predicted octanol–water partition coefficient (Wildman–Crippen LogP) is 2.31. The molecule has 1 atom stereocenters. The van der Waals surface area contributed by atoms with Crippen molar-refractivity contribution in [2.45, 2.75) is 26.7 Å². The highest BCUT2D eigenvalue weighted by molar-refractivity contribution is 5.80. The summed E-state index contributed by atoms with van der Waals surface area (Å²) in [6.07, 6.45) is 4.35. The standard InChI is InChI=1S/C12H21NO/c1-5-11(9(2)3)12(14)13(4)8-10-6-7-10/h5,9-11H,1,6-8H2,2-4H3. The van der Waals surface area contributed by atoms with Gasteiger partial charge in [0.2, 0.25) is 5.91 Å². The lowest BCUT2D eigenvalue weighted by Crippen LogP contribution is -2.35. The maximum atomic E-state index is 11.9. The molecule has 0 aromatic heterocycles. The molecule has 2 heteroatoms. The van der Waals surface area contributed by atoms with Crippen molar-refractivity contribution in [3.05, 3.63) is 12.7 Å². The fourth-order valence-corrected chi connectivity index (χ4v) is 1.69. The molecule has 1 unspecified atom stereocenters. The van der Waals surface area contributed by atoms with Crippen LogP contribution in [0.15, 0.2) is 12.7 Å². The van der Waals surface area contributed by atoms with E-state index in [1.165, 1.54) is 12.8 Å². The van der Waals surface area contributed by atoms with Crippen molar-refractivity contribution in [2.75, 3.05) is 13.6 Å². The summed E-state index contributed by atoms with van der Waals surface area (Å²) in [5.74, 6) is 1.32. The van der Waals surface area contributed by atoms with Gasteiger partial charge in [0.15, 0.2) is 0 Å². The van der Waals surface area contributed by atoms with E-state index in [4.69, 9.17) is 0 Å². The van der Waals surface area contributed by atoms with Crippen LogP contribution >= 0.6 is 0 Å². The van der Waals surface area contributed by atoms with Crippen molar-refractivity contribution in [3.8, 4) is 0 Å². The van der Waals surface area contributed by atoms with Crippen LogP contribution in [0.25, 0.3) is 0 Å². The van der Waals surface area contributed by atoms with Gasteiger partial charge in [0.1, 0.15) is 0 Å². The molecular weight excluding hydrogens is 174 g/mol. The minimum Gasteiger partial charge on any atom is -0.345 e. The third kappa shape index (κ3) is 2.86. The molecular formula is C12H21NO. The fraction of sp³-hybridized carbons (Fsp3) is 0.750. The molecule has 2 nitrogen and oxygen atoms in total. The van der Waals surface area contributed by atoms with Crippen LogP contribution in [0, 0.1) is 17.8 Å². The van der Waals surface area contributed by atoms with Gasteiger partial charge >= 0.3 is 0 Å². The summed E-state index contributed by atoms with van der Waals surface area (Å²) in [7, 11) is 1.90. The zero-order valence-corrected chi connectivity index (χ0v) is 9.49. The lowest BCUT2D eigenvalue weighted by atomic mass is 9.94. The Kier molecular flexibility index (Phi) is 3.73. The van der Waals surface area contributed by atoms with Gasteiger partial charge in [-0.15, -0.1) is 6.58 Å². The number of hydrogen-bond acceptors (Lipinski definition) is 1. The molecule has 80 valence electrons. The Morgan fingerprint density at radius 1 is 1.57 bits per heavy atom. The van der Waals surface area contributed by atoms with E-state index in [0.29, 0.717) is 5.92 Å². The van der Waals surface area contributed by atoms with Crippen molar-refractivity contribution in [1.82, 2.24) is 4.90 Å². The highest BCUT2D eigenvalue weighted by atomic mass is 16.2. The number of hydrogen-bond donors (Lipinski definition) is 0. The van der Waals surface area contributed by atoms with E-state index in [0.717, 1.165) is 12.5 Å². The summed E-state index contributed by atoms with van der Waals surface area (Å²) in [6, 6.07) is 0. The van der Waals surface area contributed by atoms with Crippen LogP contribution in [0.2, 0.25) is 0 Å². The van der Waals surface area contributed by atoms with Crippen molar-refractivity contribution in [2.24, 2.45) is 17.8 Å². The van der Waals surface area contributed by atoms with Crippen LogP contribution < -0.4 is 0 Å². The first kappa shape index (κ1) is 11.3. The third-order valence-electron chi connectivity index (χ3n) is 2.86. The Hall–Kier alpha value is -0.790. The number of rotatable bonds is 5. The molecule has 1 rings (SSSR count). The lowest BCUT2D eigenvalue weighted by molar-refractivity contribution is -0.134. The molecule has 0 spiro atoms. The monoisotopic (exact) mass is 195 g/mol. The van der Waals surface area contributed by atoms with Crippen LogP contribution in [0.5, 0.6) is 0 Å². The minimum atomic E-state index is -0.0150. The van der Waals surface area contributed by atoms with E-state index in [9.17, 15) is 4.79 Å². The normalized spacial score (nSPS) is 18.0. The summed E-state index contributed by atoms with van der Waals surface area (Å²) in [6.45, 7) is 8.79. The maximum absolute atomic E-state index is 11.9. The van der Waals surface area contributed by atoms with Gasteiger partial charge in [0.05, 0.1) is 5.92 Å². The molecule has 1 aliphatic carbocycles. The van der Waals surface area contributed by atoms with Crippen LogP contribution in [0.1, 0.15) is 26.7 Å². The second kappa shape index (κ2) is 4.63. The SMILES string of the molecule is C=CC(C(=O)N(C)CC1CC1)C(C)C. The summed E-state index contributed by atoms with van der Waals surface area (Å²) in [5, 5.41) is 0. The molecule has 0 aliphatic heterocycles. The number of carbonyl (C=O) groups excluding carboxylic acids is 1. The Labute approximate surface area is 87.0 Å². The molecule has 1 saturated carbocycles. The van der Waals surface area contributed by atoms with Crippen LogP contribution in [0.4, 0.5) is 0 Å². The molecule has 1 fully saturated rings. The molecule has 1 aliphatic rings. The predicted molar refractivity (Wildman–Crippen MR) is 58.9 cm³/mol. The van der Waals surface area contributed by atoms with Gasteiger partial charge in [0.25, 0.3) is 0 Å². The topological polar surface area (TPSA) is 20.3 Å². The van der Waals surface area contributed by atoms with E-state index in [1.54, 1.807) is 6.08 Å². The summed E-state index contributed by atoms with van der Waals surface area (Å²) < 4.78 is 0. The maximum Gasteiger partial charge on any atom is 0.229 e. The van der Waals surface area contributed by atoms with E-state index in [-0.39, 0.29) is 11.8 Å². The highest BCUT2D eigenvalue weighted by Gasteiger charge is 2.28. The summed E-state index contributed by atoms with van der Waals surface area (Å²) in [4.78, 5) is 13.8. The van der Waals surface area contributed by atoms with Crippen LogP contribution in [-0.2, 0) is 4.79 Å². The smallest absolute Gasteiger partial charge is 0.229 e. The van der Waals surface area contributed by atoms with Crippen molar-refractivity contribution < 1.29 is 4.79 Å². The first-order chi connectivity index (χ1) is 6.56. The van der Waals surface area contributed by atoms with Crippen molar-refractivity contribution >= 4 is 5.91 Å². The van der Waals surface area contributed by atoms with Gasteiger partial charge < -0.3 is 4.90 Å². The first-order valence-electron chi connectivity index (χ1n) is 5.43. The van der Waals surface area contributed by atoms with Gasteiger partial charge in [-0.3, -0.25) is 4.79 Å². The molecule has 0 heterocycles. The van der Waals surface area contributed by atoms with E-state index in [1.807, 2.05) is 11.9 Å². The van der Waals surface area contributed by atoms with Gasteiger partial charge in [-0.2, -0.15) is 0 Å².